The Bertz CT molecular complexity index is 425. The predicted octanol–water partition coefficient (Wildman–Crippen LogP) is 3.52. The van der Waals surface area contributed by atoms with E-state index in [9.17, 15) is 0 Å². The van der Waals surface area contributed by atoms with Gasteiger partial charge in [-0.3, -0.25) is 0 Å². The van der Waals surface area contributed by atoms with E-state index in [0.29, 0.717) is 13.2 Å². The molecule has 1 aliphatic heterocycles. The number of hydrogen-bond acceptors (Lipinski definition) is 2. The Hall–Kier alpha value is -1.64. The van der Waals surface area contributed by atoms with Crippen molar-refractivity contribution in [2.45, 2.75) is 12.2 Å². The highest BCUT2D eigenvalue weighted by Gasteiger charge is 2.24. The van der Waals surface area contributed by atoms with Gasteiger partial charge in [0.15, 0.2) is 0 Å². The van der Waals surface area contributed by atoms with E-state index in [0.717, 1.165) is 0 Å². The number of ether oxygens (including phenoxy) is 2. The van der Waals surface area contributed by atoms with Crippen LogP contribution in [0.25, 0.3) is 0 Å². The molecule has 0 aliphatic carbocycles. The predicted molar refractivity (Wildman–Crippen MR) is 70.3 cm³/mol. The van der Waals surface area contributed by atoms with E-state index >= 15 is 0 Å². The Morgan fingerprint density at radius 3 is 1.33 bits per heavy atom. The molecule has 0 radical (unpaired) electrons. The van der Waals surface area contributed by atoms with Gasteiger partial charge < -0.3 is 9.47 Å². The van der Waals surface area contributed by atoms with Crippen LogP contribution in [0.2, 0.25) is 0 Å². The number of benzene rings is 2. The molecular weight excluding hydrogens is 224 g/mol. The molecule has 2 unspecified atom stereocenters. The Morgan fingerprint density at radius 1 is 0.611 bits per heavy atom. The van der Waals surface area contributed by atoms with E-state index in [1.807, 2.05) is 36.4 Å². The third-order valence-electron chi connectivity index (χ3n) is 3.24. The first-order valence-electron chi connectivity index (χ1n) is 6.26. The smallest absolute Gasteiger partial charge is 0.106 e. The van der Waals surface area contributed by atoms with Gasteiger partial charge in [0.05, 0.1) is 13.2 Å². The summed E-state index contributed by atoms with van der Waals surface area (Å²) in [5.41, 5.74) is 2.37. The van der Waals surface area contributed by atoms with Crippen molar-refractivity contribution in [1.29, 1.82) is 0 Å². The van der Waals surface area contributed by atoms with Gasteiger partial charge in [0.2, 0.25) is 0 Å². The largest absolute Gasteiger partial charge is 0.368 e. The van der Waals surface area contributed by atoms with Crippen LogP contribution >= 0.6 is 0 Å². The first-order valence-corrected chi connectivity index (χ1v) is 6.26. The normalized spacial score (nSPS) is 23.8. The van der Waals surface area contributed by atoms with Crippen LogP contribution in [0.3, 0.4) is 0 Å². The molecule has 0 amide bonds. The SMILES string of the molecule is c1ccc(C2COC(c3ccccc3)CO2)cc1. The molecule has 1 heterocycles. The second-order valence-electron chi connectivity index (χ2n) is 4.47. The number of rotatable bonds is 2. The van der Waals surface area contributed by atoms with Crippen molar-refractivity contribution in [2.24, 2.45) is 0 Å². The summed E-state index contributed by atoms with van der Waals surface area (Å²) in [6, 6.07) is 20.5. The second kappa shape index (κ2) is 5.34. The van der Waals surface area contributed by atoms with Crippen LogP contribution in [0.1, 0.15) is 23.3 Å². The molecule has 0 N–H and O–H groups in total. The fourth-order valence-electron chi connectivity index (χ4n) is 2.22. The summed E-state index contributed by atoms with van der Waals surface area (Å²) >= 11 is 0. The molecule has 92 valence electrons. The highest BCUT2D eigenvalue weighted by Crippen LogP contribution is 2.29. The molecule has 0 aromatic heterocycles. The number of hydrogen-bond donors (Lipinski definition) is 0. The first kappa shape index (κ1) is 11.5. The molecule has 2 nitrogen and oxygen atoms in total. The van der Waals surface area contributed by atoms with Crippen LogP contribution in [0.5, 0.6) is 0 Å². The van der Waals surface area contributed by atoms with Crippen LogP contribution in [0.15, 0.2) is 60.7 Å². The van der Waals surface area contributed by atoms with Gasteiger partial charge in [-0.25, -0.2) is 0 Å². The summed E-state index contributed by atoms with van der Waals surface area (Å²) in [5, 5.41) is 0. The average molecular weight is 240 g/mol. The summed E-state index contributed by atoms with van der Waals surface area (Å²) in [6.07, 6.45) is 0.123. The molecule has 18 heavy (non-hydrogen) atoms. The molecule has 0 saturated carbocycles. The molecule has 1 aliphatic rings. The van der Waals surface area contributed by atoms with Gasteiger partial charge in [0.1, 0.15) is 12.2 Å². The molecule has 3 rings (SSSR count). The molecule has 2 aromatic rings. The summed E-state index contributed by atoms with van der Waals surface area (Å²) in [4.78, 5) is 0. The van der Waals surface area contributed by atoms with Crippen molar-refractivity contribution < 1.29 is 9.47 Å². The molecule has 0 spiro atoms. The summed E-state index contributed by atoms with van der Waals surface area (Å²) < 4.78 is 11.8. The summed E-state index contributed by atoms with van der Waals surface area (Å²) in [5.74, 6) is 0. The lowest BCUT2D eigenvalue weighted by atomic mass is 10.1. The Labute approximate surface area is 107 Å². The third kappa shape index (κ3) is 2.45. The van der Waals surface area contributed by atoms with Crippen LogP contribution < -0.4 is 0 Å². The van der Waals surface area contributed by atoms with Crippen LogP contribution in [0, 0.1) is 0 Å². The molecule has 1 fully saturated rings. The Morgan fingerprint density at radius 2 is 1.00 bits per heavy atom. The standard InChI is InChI=1S/C16H16O2/c1-3-7-13(8-4-1)15-11-18-16(12-17-15)14-9-5-2-6-10-14/h1-10,15-16H,11-12H2. The van der Waals surface area contributed by atoms with E-state index in [1.165, 1.54) is 11.1 Å². The van der Waals surface area contributed by atoms with Crippen molar-refractivity contribution in [3.8, 4) is 0 Å². The van der Waals surface area contributed by atoms with E-state index in [2.05, 4.69) is 24.3 Å². The van der Waals surface area contributed by atoms with Gasteiger partial charge in [-0.2, -0.15) is 0 Å². The Balaban J connectivity index is 1.65. The van der Waals surface area contributed by atoms with E-state index in [-0.39, 0.29) is 12.2 Å². The van der Waals surface area contributed by atoms with Gasteiger partial charge in [-0.15, -0.1) is 0 Å². The zero-order chi connectivity index (χ0) is 12.2. The van der Waals surface area contributed by atoms with Crippen molar-refractivity contribution in [3.05, 3.63) is 71.8 Å². The highest BCUT2D eigenvalue weighted by atomic mass is 16.6. The minimum atomic E-state index is 0.0613. The maximum absolute atomic E-state index is 5.91. The lowest BCUT2D eigenvalue weighted by Crippen LogP contribution is -2.25. The minimum absolute atomic E-state index is 0.0613. The molecular formula is C16H16O2. The van der Waals surface area contributed by atoms with E-state index in [4.69, 9.17) is 9.47 Å². The molecule has 1 saturated heterocycles. The Kier molecular flexibility index (Phi) is 3.40. The lowest BCUT2D eigenvalue weighted by Gasteiger charge is -2.30. The molecule has 2 atom stereocenters. The first-order chi connectivity index (χ1) is 8.93. The van der Waals surface area contributed by atoms with E-state index < -0.39 is 0 Å². The average Bonchev–Trinajstić information content (AvgIpc) is 2.49. The lowest BCUT2D eigenvalue weighted by molar-refractivity contribution is -0.137. The summed E-state index contributed by atoms with van der Waals surface area (Å²) in [7, 11) is 0. The monoisotopic (exact) mass is 240 g/mol. The van der Waals surface area contributed by atoms with Crippen LogP contribution in [-0.2, 0) is 9.47 Å². The molecule has 2 heteroatoms. The van der Waals surface area contributed by atoms with Crippen LogP contribution in [0.4, 0.5) is 0 Å². The van der Waals surface area contributed by atoms with Gasteiger partial charge in [0.25, 0.3) is 0 Å². The topological polar surface area (TPSA) is 18.5 Å². The zero-order valence-corrected chi connectivity index (χ0v) is 10.2. The van der Waals surface area contributed by atoms with E-state index in [1.54, 1.807) is 0 Å². The van der Waals surface area contributed by atoms with Gasteiger partial charge in [0, 0.05) is 0 Å². The van der Waals surface area contributed by atoms with Crippen molar-refractivity contribution >= 4 is 0 Å². The molecule has 0 bridgehead atoms. The van der Waals surface area contributed by atoms with Crippen LogP contribution in [-0.4, -0.2) is 13.2 Å². The zero-order valence-electron chi connectivity index (χ0n) is 10.2. The minimum Gasteiger partial charge on any atom is -0.368 e. The fourth-order valence-corrected chi connectivity index (χ4v) is 2.22. The summed E-state index contributed by atoms with van der Waals surface area (Å²) in [6.45, 7) is 1.23. The maximum Gasteiger partial charge on any atom is 0.106 e. The maximum atomic E-state index is 5.91. The van der Waals surface area contributed by atoms with Gasteiger partial charge >= 0.3 is 0 Å². The quantitative estimate of drug-likeness (QED) is 0.799. The fraction of sp³-hybridized carbons (Fsp3) is 0.250. The van der Waals surface area contributed by atoms with Gasteiger partial charge in [-0.05, 0) is 11.1 Å². The van der Waals surface area contributed by atoms with Crippen molar-refractivity contribution in [3.63, 3.8) is 0 Å². The second-order valence-corrected chi connectivity index (χ2v) is 4.47. The van der Waals surface area contributed by atoms with Crippen molar-refractivity contribution in [2.75, 3.05) is 13.2 Å². The highest BCUT2D eigenvalue weighted by molar-refractivity contribution is 5.20. The molecule has 2 aromatic carbocycles. The van der Waals surface area contributed by atoms with Crippen molar-refractivity contribution in [1.82, 2.24) is 0 Å². The third-order valence-corrected chi connectivity index (χ3v) is 3.24. The van der Waals surface area contributed by atoms with Gasteiger partial charge in [-0.1, -0.05) is 60.7 Å².